The first-order valence-electron chi connectivity index (χ1n) is 10.4. The lowest BCUT2D eigenvalue weighted by Crippen LogP contribution is -2.35. The van der Waals surface area contributed by atoms with Crippen molar-refractivity contribution in [1.29, 1.82) is 0 Å². The molecular formula is C23H27N5O2. The van der Waals surface area contributed by atoms with Crippen LogP contribution < -0.4 is 4.90 Å². The maximum Gasteiger partial charge on any atom is 0.341 e. The van der Waals surface area contributed by atoms with Gasteiger partial charge in [0.1, 0.15) is 0 Å². The van der Waals surface area contributed by atoms with Gasteiger partial charge in [-0.15, -0.1) is 0 Å². The summed E-state index contributed by atoms with van der Waals surface area (Å²) in [5.74, 6) is 0.846. The Hall–Kier alpha value is -3.22. The molecule has 0 N–H and O–H groups in total. The lowest BCUT2D eigenvalue weighted by atomic mass is 9.97. The van der Waals surface area contributed by atoms with Crippen molar-refractivity contribution in [1.82, 2.24) is 14.5 Å². The van der Waals surface area contributed by atoms with E-state index in [1.54, 1.807) is 19.3 Å². The van der Waals surface area contributed by atoms with Crippen LogP contribution in [-0.2, 0) is 11.8 Å². The second-order valence-corrected chi connectivity index (χ2v) is 7.63. The maximum atomic E-state index is 11.7. The molecule has 7 heteroatoms. The highest BCUT2D eigenvalue weighted by Gasteiger charge is 2.21. The molecule has 1 aliphatic heterocycles. The fraction of sp³-hybridized carbons (Fsp3) is 0.391. The van der Waals surface area contributed by atoms with Crippen LogP contribution in [0.5, 0.6) is 0 Å². The first kappa shape index (κ1) is 20.1. The molecule has 0 aliphatic carbocycles. The minimum absolute atomic E-state index is 0.344. The SMILES string of the molecule is CCOC(=O)c1cnc(N2CCC(C/N=C/c3cn(C)c4ccccc34)CC2)nc1. The Bertz CT molecular complexity index is 1030. The van der Waals surface area contributed by atoms with E-state index < -0.39 is 0 Å². The van der Waals surface area contributed by atoms with Gasteiger partial charge in [-0.2, -0.15) is 0 Å². The summed E-state index contributed by atoms with van der Waals surface area (Å²) in [6, 6.07) is 8.40. The first-order chi connectivity index (χ1) is 14.7. The second kappa shape index (κ2) is 9.07. The number of hydrogen-bond acceptors (Lipinski definition) is 6. The number of rotatable bonds is 6. The van der Waals surface area contributed by atoms with Crippen molar-refractivity contribution in [2.24, 2.45) is 18.0 Å². The average molecular weight is 406 g/mol. The van der Waals surface area contributed by atoms with Gasteiger partial charge in [-0.25, -0.2) is 14.8 Å². The summed E-state index contributed by atoms with van der Waals surface area (Å²) in [6.45, 7) is 4.75. The number of esters is 1. The van der Waals surface area contributed by atoms with Gasteiger partial charge in [0, 0.05) is 68.0 Å². The zero-order valence-electron chi connectivity index (χ0n) is 17.5. The Morgan fingerprint density at radius 3 is 2.70 bits per heavy atom. The molecule has 0 unspecified atom stereocenters. The zero-order valence-corrected chi connectivity index (χ0v) is 17.5. The fourth-order valence-electron chi connectivity index (χ4n) is 3.90. The van der Waals surface area contributed by atoms with Crippen LogP contribution in [0.3, 0.4) is 0 Å². The molecule has 1 aromatic carbocycles. The van der Waals surface area contributed by atoms with Crippen LogP contribution in [0, 0.1) is 5.92 Å². The molecule has 1 saturated heterocycles. The summed E-state index contributed by atoms with van der Waals surface area (Å²) in [5.41, 5.74) is 2.78. The molecule has 7 nitrogen and oxygen atoms in total. The summed E-state index contributed by atoms with van der Waals surface area (Å²) in [7, 11) is 2.07. The van der Waals surface area contributed by atoms with Crippen molar-refractivity contribution in [2.75, 3.05) is 31.1 Å². The van der Waals surface area contributed by atoms with Gasteiger partial charge in [-0.05, 0) is 31.7 Å². The Kier molecular flexibility index (Phi) is 6.07. The number of para-hydroxylation sites is 1. The van der Waals surface area contributed by atoms with E-state index in [4.69, 9.17) is 9.73 Å². The number of piperidine rings is 1. The molecule has 1 fully saturated rings. The summed E-state index contributed by atoms with van der Waals surface area (Å²) >= 11 is 0. The number of fused-ring (bicyclic) bond motifs is 1. The van der Waals surface area contributed by atoms with Crippen LogP contribution in [0.25, 0.3) is 10.9 Å². The van der Waals surface area contributed by atoms with Crippen molar-refractivity contribution in [3.63, 3.8) is 0 Å². The van der Waals surface area contributed by atoms with Crippen molar-refractivity contribution in [3.8, 4) is 0 Å². The van der Waals surface area contributed by atoms with E-state index in [0.717, 1.165) is 32.5 Å². The molecule has 4 rings (SSSR count). The largest absolute Gasteiger partial charge is 0.462 e. The number of nitrogens with zero attached hydrogens (tertiary/aromatic N) is 5. The molecule has 0 bridgehead atoms. The second-order valence-electron chi connectivity index (χ2n) is 7.63. The normalized spacial score (nSPS) is 15.2. The van der Waals surface area contributed by atoms with Gasteiger partial charge >= 0.3 is 5.97 Å². The molecule has 0 atom stereocenters. The molecule has 0 radical (unpaired) electrons. The van der Waals surface area contributed by atoms with E-state index in [-0.39, 0.29) is 5.97 Å². The van der Waals surface area contributed by atoms with E-state index >= 15 is 0 Å². The van der Waals surface area contributed by atoms with Crippen LogP contribution in [-0.4, -0.2) is 53.0 Å². The van der Waals surface area contributed by atoms with Gasteiger partial charge in [0.05, 0.1) is 12.2 Å². The number of anilines is 1. The van der Waals surface area contributed by atoms with E-state index in [1.807, 2.05) is 6.21 Å². The molecule has 3 aromatic rings. The van der Waals surface area contributed by atoms with Crippen molar-refractivity contribution in [3.05, 3.63) is 54.0 Å². The van der Waals surface area contributed by atoms with Crippen molar-refractivity contribution < 1.29 is 9.53 Å². The third kappa shape index (κ3) is 4.35. The molecule has 30 heavy (non-hydrogen) atoms. The van der Waals surface area contributed by atoms with E-state index in [1.165, 1.54) is 16.5 Å². The Morgan fingerprint density at radius 1 is 1.23 bits per heavy atom. The van der Waals surface area contributed by atoms with E-state index in [9.17, 15) is 4.79 Å². The molecule has 1 aliphatic rings. The number of aliphatic imine (C=N–C) groups is 1. The molecular weight excluding hydrogens is 378 g/mol. The van der Waals surface area contributed by atoms with E-state index in [2.05, 4.69) is 56.9 Å². The summed E-state index contributed by atoms with van der Waals surface area (Å²) in [5, 5.41) is 1.24. The average Bonchev–Trinajstić information content (AvgIpc) is 3.10. The zero-order chi connectivity index (χ0) is 20.9. The molecule has 0 amide bonds. The predicted octanol–water partition coefficient (Wildman–Crippen LogP) is 3.48. The minimum Gasteiger partial charge on any atom is -0.462 e. The predicted molar refractivity (Wildman–Crippen MR) is 118 cm³/mol. The van der Waals surface area contributed by atoms with Crippen LogP contribution in [0.4, 0.5) is 5.95 Å². The lowest BCUT2D eigenvalue weighted by molar-refractivity contribution is 0.0525. The molecule has 2 aromatic heterocycles. The first-order valence-corrected chi connectivity index (χ1v) is 10.4. The monoisotopic (exact) mass is 405 g/mol. The number of hydrogen-bond donors (Lipinski definition) is 0. The van der Waals surface area contributed by atoms with Crippen LogP contribution in [0.15, 0.2) is 47.8 Å². The van der Waals surface area contributed by atoms with Gasteiger partial charge in [0.25, 0.3) is 0 Å². The molecule has 0 spiro atoms. The van der Waals surface area contributed by atoms with Gasteiger partial charge in [-0.3, -0.25) is 4.99 Å². The van der Waals surface area contributed by atoms with Gasteiger partial charge in [-0.1, -0.05) is 18.2 Å². The van der Waals surface area contributed by atoms with Crippen LogP contribution >= 0.6 is 0 Å². The number of ether oxygens (including phenoxy) is 1. The highest BCUT2D eigenvalue weighted by molar-refractivity contribution is 5.99. The number of benzene rings is 1. The molecule has 156 valence electrons. The van der Waals surface area contributed by atoms with E-state index in [0.29, 0.717) is 24.0 Å². The summed E-state index contributed by atoms with van der Waals surface area (Å²) in [4.78, 5) is 27.3. The number of aryl methyl sites for hydroxylation is 1. The summed E-state index contributed by atoms with van der Waals surface area (Å²) in [6.07, 6.45) is 9.33. The Labute approximate surface area is 176 Å². The van der Waals surface area contributed by atoms with Crippen LogP contribution in [0.1, 0.15) is 35.7 Å². The maximum absolute atomic E-state index is 11.7. The lowest BCUT2D eigenvalue weighted by Gasteiger charge is -2.31. The van der Waals surface area contributed by atoms with Gasteiger partial charge in [0.15, 0.2) is 0 Å². The highest BCUT2D eigenvalue weighted by Crippen LogP contribution is 2.22. The van der Waals surface area contributed by atoms with Crippen LogP contribution in [0.2, 0.25) is 0 Å². The quantitative estimate of drug-likeness (QED) is 0.464. The molecule has 3 heterocycles. The number of carbonyl (C=O) groups is 1. The Morgan fingerprint density at radius 2 is 1.97 bits per heavy atom. The topological polar surface area (TPSA) is 72.6 Å². The third-order valence-corrected chi connectivity index (χ3v) is 5.57. The molecule has 0 saturated carbocycles. The fourth-order valence-corrected chi connectivity index (χ4v) is 3.90. The third-order valence-electron chi connectivity index (χ3n) is 5.57. The smallest absolute Gasteiger partial charge is 0.341 e. The van der Waals surface area contributed by atoms with Gasteiger partial charge < -0.3 is 14.2 Å². The number of aromatic nitrogens is 3. The van der Waals surface area contributed by atoms with Crippen molar-refractivity contribution in [2.45, 2.75) is 19.8 Å². The standard InChI is InChI=1S/C23H27N5O2/c1-3-30-22(29)18-14-25-23(26-15-18)28-10-8-17(9-11-28)12-24-13-19-16-27(2)21-7-5-4-6-20(19)21/h4-7,13-17H,3,8-12H2,1-2H3/b24-13+. The number of carbonyl (C=O) groups excluding carboxylic acids is 1. The summed E-state index contributed by atoms with van der Waals surface area (Å²) < 4.78 is 7.12. The van der Waals surface area contributed by atoms with Gasteiger partial charge in [0.2, 0.25) is 5.95 Å². The Balaban J connectivity index is 1.30. The highest BCUT2D eigenvalue weighted by atomic mass is 16.5. The van der Waals surface area contributed by atoms with Crippen molar-refractivity contribution >= 4 is 29.0 Å². The minimum atomic E-state index is -0.383.